The molecule has 1 radical (unpaired) electrons. The van der Waals surface area contributed by atoms with E-state index in [1.54, 1.807) is 0 Å². The van der Waals surface area contributed by atoms with Crippen LogP contribution in [0.15, 0.2) is 12.8 Å². The summed E-state index contributed by atoms with van der Waals surface area (Å²) in [5.74, 6) is -0.569. The van der Waals surface area contributed by atoms with E-state index < -0.39 is 12.0 Å². The van der Waals surface area contributed by atoms with Crippen LogP contribution in [0.1, 0.15) is 6.92 Å². The first-order chi connectivity index (χ1) is 3.68. The van der Waals surface area contributed by atoms with E-state index in [2.05, 4.69) is 11.3 Å². The minimum absolute atomic E-state index is 0. The number of carbonyl (C=O) groups excluding carboxylic acids is 1. The molecule has 10 heavy (non-hydrogen) atoms. The third kappa shape index (κ3) is 7.78. The molecule has 1 atom stereocenters. The van der Waals surface area contributed by atoms with Crippen LogP contribution in [0.5, 0.6) is 0 Å². The van der Waals surface area contributed by atoms with Crippen molar-refractivity contribution >= 4 is 5.97 Å². The maximum Gasteiger partial charge on any atom is 0.292 e. The SMILES string of the molecule is C=COC(=O)C(C)[NH-].[Ir].[NH2-]. The topological polar surface area (TPSA) is 83.6 Å². The smallest absolute Gasteiger partial charge is 0.292 e. The second-order valence-corrected chi connectivity index (χ2v) is 1.33. The summed E-state index contributed by atoms with van der Waals surface area (Å²) in [6, 6.07) is -0.812. The van der Waals surface area contributed by atoms with Crippen molar-refractivity contribution in [2.75, 3.05) is 0 Å². The van der Waals surface area contributed by atoms with Crippen LogP contribution in [0, 0.1) is 0 Å². The largest absolute Gasteiger partial charge is 0.693 e. The van der Waals surface area contributed by atoms with E-state index >= 15 is 0 Å². The Balaban J connectivity index is -0.000000245. The van der Waals surface area contributed by atoms with Gasteiger partial charge in [0, 0.05) is 20.1 Å². The van der Waals surface area contributed by atoms with Crippen molar-refractivity contribution in [3.8, 4) is 0 Å². The Bertz CT molecular complexity index is 106. The number of carbonyl (C=O) groups is 1. The normalized spacial score (nSPS) is 9.80. The van der Waals surface area contributed by atoms with Crippen molar-refractivity contribution in [2.24, 2.45) is 0 Å². The van der Waals surface area contributed by atoms with Gasteiger partial charge in [-0.1, -0.05) is 13.5 Å². The molecule has 0 amide bonds. The van der Waals surface area contributed by atoms with Gasteiger partial charge in [0.2, 0.25) is 0 Å². The van der Waals surface area contributed by atoms with Crippen LogP contribution in [0.4, 0.5) is 0 Å². The van der Waals surface area contributed by atoms with Crippen molar-refractivity contribution in [3.63, 3.8) is 0 Å². The number of rotatable bonds is 2. The van der Waals surface area contributed by atoms with Crippen LogP contribution in [-0.4, -0.2) is 12.0 Å². The third-order valence-electron chi connectivity index (χ3n) is 0.553. The number of nitrogens with two attached hydrogens (primary N) is 1. The Morgan fingerprint density at radius 2 is 2.20 bits per heavy atom. The Morgan fingerprint density at radius 1 is 1.80 bits per heavy atom. The molecule has 0 aliphatic rings. The average Bonchev–Trinajstić information content (AvgIpc) is 1.67. The molecule has 0 aromatic carbocycles. The van der Waals surface area contributed by atoms with E-state index in [-0.39, 0.29) is 26.3 Å². The summed E-state index contributed by atoms with van der Waals surface area (Å²) in [4.78, 5) is 10.3. The fraction of sp³-hybridized carbons (Fsp3) is 0.400. The van der Waals surface area contributed by atoms with Crippen LogP contribution in [0.25, 0.3) is 11.9 Å². The van der Waals surface area contributed by atoms with Gasteiger partial charge in [-0.15, -0.1) is 0 Å². The average molecular weight is 322 g/mol. The molecule has 0 aromatic rings. The summed E-state index contributed by atoms with van der Waals surface area (Å²) in [6.45, 7) is 4.59. The monoisotopic (exact) mass is 323 g/mol. The summed E-state index contributed by atoms with van der Waals surface area (Å²) in [5, 5.41) is 0. The van der Waals surface area contributed by atoms with E-state index in [1.807, 2.05) is 0 Å². The fourth-order valence-corrected chi connectivity index (χ4v) is 0.184. The zero-order chi connectivity index (χ0) is 6.57. The van der Waals surface area contributed by atoms with Gasteiger partial charge in [0.15, 0.2) is 0 Å². The first-order valence-electron chi connectivity index (χ1n) is 2.21. The maximum absolute atomic E-state index is 10.3. The van der Waals surface area contributed by atoms with Crippen LogP contribution >= 0.6 is 0 Å². The van der Waals surface area contributed by atoms with Gasteiger partial charge in [0.1, 0.15) is 0 Å². The Labute approximate surface area is 73.7 Å². The molecule has 0 aliphatic heterocycles. The number of ether oxygens (including phenoxy) is 1. The van der Waals surface area contributed by atoms with Crippen LogP contribution in [-0.2, 0) is 29.6 Å². The van der Waals surface area contributed by atoms with E-state index in [9.17, 15) is 4.79 Å². The van der Waals surface area contributed by atoms with Gasteiger partial charge in [0.05, 0.1) is 6.26 Å². The zero-order valence-electron chi connectivity index (χ0n) is 5.59. The molecule has 1 unspecified atom stereocenters. The van der Waals surface area contributed by atoms with E-state index in [0.717, 1.165) is 6.26 Å². The minimum atomic E-state index is -0.812. The maximum atomic E-state index is 10.3. The second kappa shape index (κ2) is 8.78. The molecular formula is C5H10IrN2O2-2. The van der Waals surface area contributed by atoms with Crippen LogP contribution in [0.2, 0.25) is 0 Å². The van der Waals surface area contributed by atoms with Crippen molar-refractivity contribution < 1.29 is 29.6 Å². The van der Waals surface area contributed by atoms with Gasteiger partial charge >= 0.3 is 0 Å². The van der Waals surface area contributed by atoms with Gasteiger partial charge in [0.25, 0.3) is 5.97 Å². The zero-order valence-corrected chi connectivity index (χ0v) is 7.98. The molecule has 3 N–H and O–H groups in total. The van der Waals surface area contributed by atoms with E-state index in [0.29, 0.717) is 0 Å². The first kappa shape index (κ1) is 16.4. The predicted octanol–water partition coefficient (Wildman–Crippen LogP) is 1.83. The number of hydrogen-bond acceptors (Lipinski definition) is 2. The summed E-state index contributed by atoms with van der Waals surface area (Å²) >= 11 is 0. The predicted molar refractivity (Wildman–Crippen MR) is 35.4 cm³/mol. The Hall–Kier alpha value is -0.221. The number of esters is 1. The molecule has 0 rings (SSSR count). The van der Waals surface area contributed by atoms with Crippen molar-refractivity contribution in [1.82, 2.24) is 0 Å². The number of hydrogen-bond donors (Lipinski definition) is 0. The summed E-state index contributed by atoms with van der Waals surface area (Å²) in [5.41, 5.74) is 6.76. The second-order valence-electron chi connectivity index (χ2n) is 1.33. The molecule has 0 bridgehead atoms. The summed E-state index contributed by atoms with van der Waals surface area (Å²) in [7, 11) is 0. The fourth-order valence-electron chi connectivity index (χ4n) is 0.184. The van der Waals surface area contributed by atoms with Crippen molar-refractivity contribution in [1.29, 1.82) is 0 Å². The van der Waals surface area contributed by atoms with E-state index in [4.69, 9.17) is 5.73 Å². The summed E-state index contributed by atoms with van der Waals surface area (Å²) in [6.07, 6.45) is 1.02. The van der Waals surface area contributed by atoms with Crippen LogP contribution in [0.3, 0.4) is 0 Å². The third-order valence-corrected chi connectivity index (χ3v) is 0.553. The molecule has 0 spiro atoms. The molecule has 4 nitrogen and oxygen atoms in total. The molecule has 5 heteroatoms. The standard InChI is InChI=1S/C5H8NO2.Ir.H2N/c1-3-8-5(7)4(2)6;;/h3-4,6H,1H2,2H3;;1H2/q-1;;-1. The molecule has 0 saturated carbocycles. The number of nitrogens with one attached hydrogen (secondary N) is 1. The molecule has 0 aromatic heterocycles. The molecule has 0 fully saturated rings. The Kier molecular flexibility index (Phi) is 14.4. The van der Waals surface area contributed by atoms with Gasteiger partial charge in [-0.25, -0.2) is 0 Å². The molecule has 0 saturated heterocycles. The van der Waals surface area contributed by atoms with Crippen molar-refractivity contribution in [3.05, 3.63) is 24.7 Å². The quantitative estimate of drug-likeness (QED) is 0.574. The Morgan fingerprint density at radius 3 is 2.30 bits per heavy atom. The minimum Gasteiger partial charge on any atom is -0.693 e. The molecule has 0 aliphatic carbocycles. The molecule has 63 valence electrons. The van der Waals surface area contributed by atoms with E-state index in [1.165, 1.54) is 6.92 Å². The summed E-state index contributed by atoms with van der Waals surface area (Å²) < 4.78 is 4.24. The van der Waals surface area contributed by atoms with Gasteiger partial charge in [-0.05, 0) is 6.04 Å². The van der Waals surface area contributed by atoms with Crippen LogP contribution < -0.4 is 0 Å². The van der Waals surface area contributed by atoms with Gasteiger partial charge in [-0.2, -0.15) is 0 Å². The molecule has 0 heterocycles. The van der Waals surface area contributed by atoms with Gasteiger partial charge < -0.3 is 16.6 Å². The van der Waals surface area contributed by atoms with Gasteiger partial charge in [-0.3, -0.25) is 4.79 Å². The first-order valence-corrected chi connectivity index (χ1v) is 2.21. The van der Waals surface area contributed by atoms with Crippen molar-refractivity contribution in [2.45, 2.75) is 13.0 Å². The molecular weight excluding hydrogens is 312 g/mol.